The molecule has 0 aliphatic heterocycles. The van der Waals surface area contributed by atoms with Gasteiger partial charge in [-0.3, -0.25) is 0 Å². The third-order valence-corrected chi connectivity index (χ3v) is 2.99. The lowest BCUT2D eigenvalue weighted by Gasteiger charge is -2.23. The second kappa shape index (κ2) is 7.34. The van der Waals surface area contributed by atoms with E-state index in [1.54, 1.807) is 13.1 Å². The van der Waals surface area contributed by atoms with Crippen LogP contribution in [0, 0.1) is 0 Å². The van der Waals surface area contributed by atoms with Crippen LogP contribution >= 0.6 is 0 Å². The number of aromatic nitrogens is 1. The van der Waals surface area contributed by atoms with Crippen molar-refractivity contribution in [1.29, 1.82) is 0 Å². The Morgan fingerprint density at radius 1 is 1.28 bits per heavy atom. The van der Waals surface area contributed by atoms with Crippen molar-refractivity contribution in [2.24, 2.45) is 0 Å². The van der Waals surface area contributed by atoms with Gasteiger partial charge in [0.2, 0.25) is 0 Å². The molecule has 0 saturated heterocycles. The molecule has 1 rings (SSSR count). The van der Waals surface area contributed by atoms with E-state index >= 15 is 0 Å². The third kappa shape index (κ3) is 4.63. The van der Waals surface area contributed by atoms with Crippen molar-refractivity contribution in [2.75, 3.05) is 38.6 Å². The monoisotopic (exact) mass is 251 g/mol. The van der Waals surface area contributed by atoms with Gasteiger partial charge in [-0.15, -0.1) is 0 Å². The molecule has 4 heteroatoms. The molecule has 0 fully saturated rings. The smallest absolute Gasteiger partial charge is 0.128 e. The number of hydrogen-bond donors (Lipinski definition) is 1. The standard InChI is InChI=1S/C14H25N3O/c1-5-17(10-6-9-16(3)4)14-8-7-13(11-15-14)12(2)18/h7-8,11-12,18H,5-6,9-10H2,1-4H3/t12-/m1/s1. The molecule has 18 heavy (non-hydrogen) atoms. The first kappa shape index (κ1) is 14.9. The van der Waals surface area contributed by atoms with Crippen LogP contribution in [0.15, 0.2) is 18.3 Å². The lowest BCUT2D eigenvalue weighted by atomic mass is 10.2. The summed E-state index contributed by atoms with van der Waals surface area (Å²) in [5.74, 6) is 0.987. The second-order valence-corrected chi connectivity index (χ2v) is 4.86. The number of hydrogen-bond acceptors (Lipinski definition) is 4. The Balaban J connectivity index is 2.58. The van der Waals surface area contributed by atoms with E-state index in [0.29, 0.717) is 0 Å². The molecule has 0 aliphatic rings. The Morgan fingerprint density at radius 3 is 2.44 bits per heavy atom. The van der Waals surface area contributed by atoms with Crippen LogP contribution in [0.3, 0.4) is 0 Å². The fraction of sp³-hybridized carbons (Fsp3) is 0.643. The molecule has 0 unspecified atom stereocenters. The Morgan fingerprint density at radius 2 is 2.00 bits per heavy atom. The van der Waals surface area contributed by atoms with E-state index in [2.05, 4.69) is 35.8 Å². The van der Waals surface area contributed by atoms with Crippen LogP contribution in [-0.4, -0.2) is 48.7 Å². The van der Waals surface area contributed by atoms with Gasteiger partial charge in [-0.05, 0) is 52.5 Å². The van der Waals surface area contributed by atoms with Gasteiger partial charge in [0.1, 0.15) is 5.82 Å². The van der Waals surface area contributed by atoms with Gasteiger partial charge in [-0.2, -0.15) is 0 Å². The molecular formula is C14H25N3O. The van der Waals surface area contributed by atoms with Crippen LogP contribution in [0.5, 0.6) is 0 Å². The Kier molecular flexibility index (Phi) is 6.09. The number of aliphatic hydroxyl groups excluding tert-OH is 1. The Hall–Kier alpha value is -1.13. The zero-order chi connectivity index (χ0) is 13.5. The van der Waals surface area contributed by atoms with Crippen molar-refractivity contribution >= 4 is 5.82 Å². The van der Waals surface area contributed by atoms with Crippen molar-refractivity contribution < 1.29 is 5.11 Å². The first-order valence-electron chi connectivity index (χ1n) is 6.58. The van der Waals surface area contributed by atoms with Crippen LogP contribution in [0.25, 0.3) is 0 Å². The molecule has 0 aliphatic carbocycles. The molecule has 1 aromatic rings. The van der Waals surface area contributed by atoms with Crippen LogP contribution in [0.1, 0.15) is 31.9 Å². The summed E-state index contributed by atoms with van der Waals surface area (Å²) in [4.78, 5) is 8.87. The Bertz CT molecular complexity index is 335. The molecule has 4 nitrogen and oxygen atoms in total. The van der Waals surface area contributed by atoms with Gasteiger partial charge in [0.25, 0.3) is 0 Å². The minimum atomic E-state index is -0.449. The lowest BCUT2D eigenvalue weighted by molar-refractivity contribution is 0.199. The molecule has 102 valence electrons. The maximum absolute atomic E-state index is 9.45. The molecule has 0 aromatic carbocycles. The lowest BCUT2D eigenvalue weighted by Crippen LogP contribution is -2.27. The van der Waals surface area contributed by atoms with Gasteiger partial charge >= 0.3 is 0 Å². The maximum atomic E-state index is 9.45. The number of rotatable bonds is 7. The largest absolute Gasteiger partial charge is 0.389 e. The molecule has 1 aromatic heterocycles. The minimum absolute atomic E-state index is 0.449. The normalized spacial score (nSPS) is 12.8. The summed E-state index contributed by atoms with van der Waals surface area (Å²) in [6, 6.07) is 3.93. The molecule has 0 bridgehead atoms. The number of nitrogens with zero attached hydrogens (tertiary/aromatic N) is 3. The molecular weight excluding hydrogens is 226 g/mol. The predicted molar refractivity (Wildman–Crippen MR) is 75.9 cm³/mol. The number of aliphatic hydroxyl groups is 1. The van der Waals surface area contributed by atoms with E-state index in [-0.39, 0.29) is 0 Å². The highest BCUT2D eigenvalue weighted by atomic mass is 16.3. The van der Waals surface area contributed by atoms with Crippen molar-refractivity contribution in [3.63, 3.8) is 0 Å². The highest BCUT2D eigenvalue weighted by Gasteiger charge is 2.07. The first-order chi connectivity index (χ1) is 8.54. The number of pyridine rings is 1. The summed E-state index contributed by atoms with van der Waals surface area (Å²) in [6.45, 7) is 6.94. The molecule has 1 atom stereocenters. The summed E-state index contributed by atoms with van der Waals surface area (Å²) in [6.07, 6.45) is 2.44. The Labute approximate surface area is 110 Å². The minimum Gasteiger partial charge on any atom is -0.389 e. The highest BCUT2D eigenvalue weighted by Crippen LogP contribution is 2.15. The highest BCUT2D eigenvalue weighted by molar-refractivity contribution is 5.39. The van der Waals surface area contributed by atoms with Crippen molar-refractivity contribution in [3.05, 3.63) is 23.9 Å². The van der Waals surface area contributed by atoms with Crippen molar-refractivity contribution in [2.45, 2.75) is 26.4 Å². The van der Waals surface area contributed by atoms with Crippen LogP contribution in [-0.2, 0) is 0 Å². The topological polar surface area (TPSA) is 39.6 Å². The predicted octanol–water partition coefficient (Wildman–Crippen LogP) is 1.91. The first-order valence-corrected chi connectivity index (χ1v) is 6.58. The van der Waals surface area contributed by atoms with E-state index < -0.39 is 6.10 Å². The van der Waals surface area contributed by atoms with Crippen molar-refractivity contribution in [3.8, 4) is 0 Å². The van der Waals surface area contributed by atoms with E-state index in [4.69, 9.17) is 0 Å². The summed E-state index contributed by atoms with van der Waals surface area (Å²) in [5.41, 5.74) is 0.864. The summed E-state index contributed by atoms with van der Waals surface area (Å²) in [7, 11) is 4.18. The van der Waals surface area contributed by atoms with E-state index in [1.165, 1.54) is 0 Å². The molecule has 0 amide bonds. The average molecular weight is 251 g/mol. The average Bonchev–Trinajstić information content (AvgIpc) is 2.34. The van der Waals surface area contributed by atoms with Crippen LogP contribution in [0.4, 0.5) is 5.82 Å². The molecule has 1 N–H and O–H groups in total. The van der Waals surface area contributed by atoms with E-state index in [9.17, 15) is 5.11 Å². The van der Waals surface area contributed by atoms with Gasteiger partial charge in [-0.1, -0.05) is 6.07 Å². The molecule has 0 saturated carbocycles. The summed E-state index contributed by atoms with van der Waals surface area (Å²) >= 11 is 0. The van der Waals surface area contributed by atoms with Gasteiger partial charge in [0.15, 0.2) is 0 Å². The van der Waals surface area contributed by atoms with Crippen molar-refractivity contribution in [1.82, 2.24) is 9.88 Å². The quantitative estimate of drug-likeness (QED) is 0.803. The molecule has 0 spiro atoms. The SMILES string of the molecule is CCN(CCCN(C)C)c1ccc([C@@H](C)O)cn1. The third-order valence-electron chi connectivity index (χ3n) is 2.99. The van der Waals surface area contributed by atoms with Crippen LogP contribution in [0.2, 0.25) is 0 Å². The fourth-order valence-corrected chi connectivity index (χ4v) is 1.84. The van der Waals surface area contributed by atoms with Gasteiger partial charge in [-0.25, -0.2) is 4.98 Å². The van der Waals surface area contributed by atoms with E-state index in [0.717, 1.165) is 37.4 Å². The number of anilines is 1. The zero-order valence-electron chi connectivity index (χ0n) is 11.9. The zero-order valence-corrected chi connectivity index (χ0v) is 11.9. The molecule has 0 radical (unpaired) electrons. The van der Waals surface area contributed by atoms with Gasteiger partial charge < -0.3 is 14.9 Å². The second-order valence-electron chi connectivity index (χ2n) is 4.86. The van der Waals surface area contributed by atoms with Crippen LogP contribution < -0.4 is 4.90 Å². The summed E-state index contributed by atoms with van der Waals surface area (Å²) in [5, 5.41) is 9.45. The molecule has 1 heterocycles. The summed E-state index contributed by atoms with van der Waals surface area (Å²) < 4.78 is 0. The maximum Gasteiger partial charge on any atom is 0.128 e. The van der Waals surface area contributed by atoms with E-state index in [1.807, 2.05) is 12.1 Å². The van der Waals surface area contributed by atoms with Gasteiger partial charge in [0.05, 0.1) is 6.10 Å². The fourth-order valence-electron chi connectivity index (χ4n) is 1.84. The van der Waals surface area contributed by atoms with Gasteiger partial charge in [0, 0.05) is 19.3 Å².